The molecule has 0 amide bonds. The normalized spacial score (nSPS) is 12.1. The minimum atomic E-state index is 0.641. The van der Waals surface area contributed by atoms with Gasteiger partial charge in [0.05, 0.1) is 39.9 Å². The summed E-state index contributed by atoms with van der Waals surface area (Å²) in [7, 11) is 0. The quantitative estimate of drug-likeness (QED) is 0.238. The summed E-state index contributed by atoms with van der Waals surface area (Å²) in [6.45, 7) is 0. The molecule has 2 aromatic heterocycles. The molecule has 0 N–H and O–H groups in total. The number of para-hydroxylation sites is 3. The Hall–Kier alpha value is -4.37. The second-order valence-electron chi connectivity index (χ2n) is 8.77. The third kappa shape index (κ3) is 3.70. The van der Waals surface area contributed by atoms with Crippen LogP contribution in [0.2, 0.25) is 0 Å². The Morgan fingerprint density at radius 3 is 2.08 bits per heavy atom. The molecule has 3 heterocycles. The highest BCUT2D eigenvalue weighted by Crippen LogP contribution is 2.52. The molecule has 3 nitrogen and oxygen atoms in total. The fourth-order valence-electron chi connectivity index (χ4n) is 4.88. The van der Waals surface area contributed by atoms with Gasteiger partial charge in [-0.3, -0.25) is 0 Å². The lowest BCUT2D eigenvalue weighted by molar-refractivity contribution is 1.17. The van der Waals surface area contributed by atoms with Gasteiger partial charge in [0.2, 0.25) is 0 Å². The summed E-state index contributed by atoms with van der Waals surface area (Å²) >= 11 is 3.54. The summed E-state index contributed by atoms with van der Waals surface area (Å²) in [5.74, 6) is 0. The number of pyridine rings is 1. The third-order valence-corrected chi connectivity index (χ3v) is 8.62. The molecule has 6 aromatic rings. The minimum Gasteiger partial charge on any atom is -0.306 e. The predicted octanol–water partition coefficient (Wildman–Crippen LogP) is 9.44. The highest BCUT2D eigenvalue weighted by Gasteiger charge is 2.26. The van der Waals surface area contributed by atoms with Crippen LogP contribution in [0.15, 0.2) is 124 Å². The highest BCUT2D eigenvalue weighted by molar-refractivity contribution is 7.99. The Balaban J connectivity index is 1.53. The van der Waals surface area contributed by atoms with Crippen LogP contribution in [0.25, 0.3) is 32.6 Å². The van der Waals surface area contributed by atoms with Crippen molar-refractivity contribution in [2.45, 2.75) is 9.79 Å². The standard InChI is InChI=1S/C32H19N3S2/c33-20-21-14-16-22(17-15-21)25-19-24(29-13-6-18-36-29)23-7-5-10-28(32(23)34-25)35-26-8-1-3-11-30(26)37-31-12-4-2-9-27(31)35/h1-19H. The van der Waals surface area contributed by atoms with Gasteiger partial charge >= 0.3 is 0 Å². The van der Waals surface area contributed by atoms with E-state index in [9.17, 15) is 5.26 Å². The van der Waals surface area contributed by atoms with E-state index in [1.807, 2.05) is 24.3 Å². The number of benzene rings is 4. The van der Waals surface area contributed by atoms with Crippen LogP contribution >= 0.6 is 23.1 Å². The van der Waals surface area contributed by atoms with Crippen molar-refractivity contribution in [1.82, 2.24) is 4.98 Å². The van der Waals surface area contributed by atoms with E-state index in [0.717, 1.165) is 44.8 Å². The molecule has 5 heteroatoms. The molecule has 1 aliphatic heterocycles. The summed E-state index contributed by atoms with van der Waals surface area (Å²) in [6.07, 6.45) is 0. The van der Waals surface area contributed by atoms with Crippen molar-refractivity contribution in [3.8, 4) is 27.8 Å². The molecule has 0 unspecified atom stereocenters. The number of hydrogen-bond acceptors (Lipinski definition) is 5. The lowest BCUT2D eigenvalue weighted by atomic mass is 10.0. The summed E-state index contributed by atoms with van der Waals surface area (Å²) in [5.41, 5.74) is 7.99. The fraction of sp³-hybridized carbons (Fsp3) is 0. The van der Waals surface area contributed by atoms with Crippen LogP contribution in [0, 0.1) is 11.3 Å². The van der Waals surface area contributed by atoms with E-state index in [-0.39, 0.29) is 0 Å². The zero-order valence-corrected chi connectivity index (χ0v) is 21.3. The van der Waals surface area contributed by atoms with Gasteiger partial charge in [-0.15, -0.1) is 11.3 Å². The van der Waals surface area contributed by atoms with Gasteiger partial charge in [-0.05, 0) is 60.0 Å². The van der Waals surface area contributed by atoms with Crippen LogP contribution in [-0.4, -0.2) is 4.98 Å². The number of aromatic nitrogens is 1. The van der Waals surface area contributed by atoms with E-state index in [1.165, 1.54) is 14.7 Å². The van der Waals surface area contributed by atoms with Crippen LogP contribution in [0.4, 0.5) is 17.1 Å². The number of thiophene rings is 1. The van der Waals surface area contributed by atoms with Crippen LogP contribution in [0.1, 0.15) is 5.56 Å². The topological polar surface area (TPSA) is 39.9 Å². The Morgan fingerprint density at radius 2 is 1.41 bits per heavy atom. The van der Waals surface area contributed by atoms with E-state index >= 15 is 0 Å². The molecule has 0 atom stereocenters. The van der Waals surface area contributed by atoms with Crippen molar-refractivity contribution >= 4 is 51.1 Å². The lowest BCUT2D eigenvalue weighted by Crippen LogP contribution is -2.15. The van der Waals surface area contributed by atoms with Gasteiger partial charge in [-0.1, -0.05) is 66.4 Å². The smallest absolute Gasteiger partial charge is 0.0991 e. The summed E-state index contributed by atoms with van der Waals surface area (Å²) in [5, 5.41) is 12.5. The Kier molecular flexibility index (Phi) is 5.28. The number of fused-ring (bicyclic) bond motifs is 3. The van der Waals surface area contributed by atoms with Crippen LogP contribution in [-0.2, 0) is 0 Å². The molecule has 7 rings (SSSR count). The molecule has 0 saturated carbocycles. The number of hydrogen-bond donors (Lipinski definition) is 0. The van der Waals surface area contributed by atoms with Gasteiger partial charge in [0.15, 0.2) is 0 Å². The molecule has 0 saturated heterocycles. The molecule has 174 valence electrons. The van der Waals surface area contributed by atoms with E-state index in [1.54, 1.807) is 23.1 Å². The van der Waals surface area contributed by atoms with E-state index < -0.39 is 0 Å². The largest absolute Gasteiger partial charge is 0.306 e. The molecule has 0 radical (unpaired) electrons. The van der Waals surface area contributed by atoms with Gasteiger partial charge in [-0.25, -0.2) is 4.98 Å². The molecular formula is C32H19N3S2. The first-order valence-electron chi connectivity index (χ1n) is 11.9. The summed E-state index contributed by atoms with van der Waals surface area (Å²) < 4.78 is 0. The Bertz CT molecular complexity index is 1770. The fourth-order valence-corrected chi connectivity index (χ4v) is 6.69. The average Bonchev–Trinajstić information content (AvgIpc) is 3.50. The van der Waals surface area contributed by atoms with Crippen molar-refractivity contribution in [2.75, 3.05) is 4.90 Å². The number of anilines is 3. The summed E-state index contributed by atoms with van der Waals surface area (Å²) in [4.78, 5) is 11.3. The van der Waals surface area contributed by atoms with Gasteiger partial charge in [0.25, 0.3) is 0 Å². The predicted molar refractivity (Wildman–Crippen MR) is 154 cm³/mol. The lowest BCUT2D eigenvalue weighted by Gasteiger charge is -2.33. The maximum atomic E-state index is 9.28. The molecule has 0 aliphatic carbocycles. The molecule has 0 bridgehead atoms. The molecule has 0 fully saturated rings. The SMILES string of the molecule is N#Cc1ccc(-c2cc(-c3cccs3)c3cccc(N4c5ccccc5Sc5ccccc54)c3n2)cc1. The number of nitriles is 1. The molecule has 0 spiro atoms. The van der Waals surface area contributed by atoms with E-state index in [2.05, 4.69) is 101 Å². The molecule has 1 aliphatic rings. The zero-order chi connectivity index (χ0) is 24.8. The maximum Gasteiger partial charge on any atom is 0.0991 e. The van der Waals surface area contributed by atoms with Gasteiger partial charge < -0.3 is 4.90 Å². The van der Waals surface area contributed by atoms with E-state index in [4.69, 9.17) is 4.98 Å². The van der Waals surface area contributed by atoms with Crippen LogP contribution in [0.3, 0.4) is 0 Å². The van der Waals surface area contributed by atoms with Crippen LogP contribution < -0.4 is 4.90 Å². The first kappa shape index (κ1) is 21.9. The number of rotatable bonds is 3. The highest BCUT2D eigenvalue weighted by atomic mass is 32.2. The minimum absolute atomic E-state index is 0.641. The molecule has 37 heavy (non-hydrogen) atoms. The maximum absolute atomic E-state index is 9.28. The second-order valence-corrected chi connectivity index (χ2v) is 10.8. The van der Waals surface area contributed by atoms with Crippen molar-refractivity contribution in [1.29, 1.82) is 5.26 Å². The second kappa shape index (κ2) is 8.94. The third-order valence-electron chi connectivity index (χ3n) is 6.59. The summed E-state index contributed by atoms with van der Waals surface area (Å²) in [6, 6.07) is 39.9. The van der Waals surface area contributed by atoms with Crippen molar-refractivity contribution in [2.24, 2.45) is 0 Å². The van der Waals surface area contributed by atoms with Crippen LogP contribution in [0.5, 0.6) is 0 Å². The monoisotopic (exact) mass is 509 g/mol. The first-order valence-corrected chi connectivity index (χ1v) is 13.6. The van der Waals surface area contributed by atoms with Crippen molar-refractivity contribution in [3.63, 3.8) is 0 Å². The average molecular weight is 510 g/mol. The van der Waals surface area contributed by atoms with Gasteiger partial charge in [0, 0.05) is 31.2 Å². The first-order chi connectivity index (χ1) is 18.3. The van der Waals surface area contributed by atoms with Gasteiger partial charge in [-0.2, -0.15) is 5.26 Å². The van der Waals surface area contributed by atoms with Crippen molar-refractivity contribution in [3.05, 3.63) is 120 Å². The Morgan fingerprint density at radius 1 is 0.703 bits per heavy atom. The van der Waals surface area contributed by atoms with Gasteiger partial charge in [0.1, 0.15) is 0 Å². The molecular weight excluding hydrogens is 491 g/mol. The number of nitrogens with zero attached hydrogens (tertiary/aromatic N) is 3. The van der Waals surface area contributed by atoms with Crippen molar-refractivity contribution < 1.29 is 0 Å². The molecule has 4 aromatic carbocycles. The van der Waals surface area contributed by atoms with E-state index in [0.29, 0.717) is 5.56 Å². The zero-order valence-electron chi connectivity index (χ0n) is 19.6. The Labute approximate surface area is 223 Å².